The first kappa shape index (κ1) is 41.4. The van der Waals surface area contributed by atoms with Gasteiger partial charge < -0.3 is 24.6 Å². The molecule has 4 heterocycles. The normalized spacial score (nSPS) is 25.2. The molecule has 312 valence electrons. The molecule has 3 saturated heterocycles. The number of carbonyl (C=O) groups is 4. The molecule has 3 aromatic rings. The summed E-state index contributed by atoms with van der Waals surface area (Å²) in [4.78, 5) is 65.1. The number of benzene rings is 2. The van der Waals surface area contributed by atoms with Crippen LogP contribution in [-0.4, -0.2) is 97.0 Å². The third-order valence-electron chi connectivity index (χ3n) is 12.2. The van der Waals surface area contributed by atoms with Crippen LogP contribution >= 0.6 is 0 Å². The fraction of sp³-hybridized carbons (Fsp3) is 0.568. The Kier molecular flexibility index (Phi) is 13.2. The van der Waals surface area contributed by atoms with Crippen molar-refractivity contribution in [3.8, 4) is 22.8 Å². The van der Waals surface area contributed by atoms with Gasteiger partial charge in [-0.3, -0.25) is 23.9 Å². The maximum Gasteiger partial charge on any atom is 0.256 e. The Hall–Kier alpha value is -4.72. The summed E-state index contributed by atoms with van der Waals surface area (Å²) in [6.07, 6.45) is 8.89. The highest BCUT2D eigenvalue weighted by molar-refractivity contribution is 7.90. The molecule has 4 aliphatic rings. The number of nitrogens with zero attached hydrogens (tertiary/aromatic N) is 3. The van der Waals surface area contributed by atoms with E-state index in [9.17, 15) is 27.6 Å². The molecule has 58 heavy (non-hydrogen) atoms. The maximum absolute atomic E-state index is 14.8. The number of hydrogen-bond donors (Lipinski definition) is 2. The van der Waals surface area contributed by atoms with Crippen LogP contribution in [0.1, 0.15) is 96.8 Å². The molecular weight excluding hydrogens is 759 g/mol. The number of piperidine rings is 1. The van der Waals surface area contributed by atoms with Crippen molar-refractivity contribution < 1.29 is 37.1 Å². The Morgan fingerprint density at radius 1 is 0.897 bits per heavy atom. The summed E-state index contributed by atoms with van der Waals surface area (Å²) in [5.74, 6) is -1.49. The second kappa shape index (κ2) is 18.5. The van der Waals surface area contributed by atoms with Gasteiger partial charge in [-0.2, -0.15) is 0 Å². The number of amides is 4. The fourth-order valence-corrected chi connectivity index (χ4v) is 10.0. The van der Waals surface area contributed by atoms with Gasteiger partial charge in [-0.1, -0.05) is 69.4 Å². The molecule has 3 aliphatic heterocycles. The molecule has 14 heteroatoms. The van der Waals surface area contributed by atoms with Crippen molar-refractivity contribution in [1.82, 2.24) is 24.8 Å². The molecule has 0 spiro atoms. The summed E-state index contributed by atoms with van der Waals surface area (Å²) in [5.41, 5.74) is 2.21. The lowest BCUT2D eigenvalue weighted by atomic mass is 9.93. The number of rotatable bonds is 9. The third kappa shape index (κ3) is 9.93. The number of aromatic nitrogens is 1. The van der Waals surface area contributed by atoms with Crippen molar-refractivity contribution in [2.75, 3.05) is 26.7 Å². The zero-order chi connectivity index (χ0) is 40.8. The smallest absolute Gasteiger partial charge is 0.256 e. The third-order valence-corrected chi connectivity index (χ3v) is 14.1. The second-order valence-electron chi connectivity index (χ2n) is 16.6. The molecule has 13 nitrogen and oxygen atoms in total. The molecule has 2 aromatic carbocycles. The Labute approximate surface area is 341 Å². The zero-order valence-corrected chi connectivity index (χ0v) is 34.5. The van der Waals surface area contributed by atoms with Gasteiger partial charge in [0.2, 0.25) is 27.7 Å². The number of fused-ring (bicyclic) bond motifs is 2. The molecule has 4 amide bonds. The number of nitrogens with one attached hydrogen (secondary N) is 2. The van der Waals surface area contributed by atoms with Gasteiger partial charge in [0.15, 0.2) is 0 Å². The average molecular weight is 816 g/mol. The summed E-state index contributed by atoms with van der Waals surface area (Å²) < 4.78 is 40.3. The monoisotopic (exact) mass is 815 g/mol. The van der Waals surface area contributed by atoms with E-state index in [2.05, 4.69) is 10.0 Å². The van der Waals surface area contributed by atoms with Gasteiger partial charge in [0.05, 0.1) is 30.1 Å². The van der Waals surface area contributed by atoms with Gasteiger partial charge >= 0.3 is 0 Å². The molecule has 7 rings (SSSR count). The summed E-state index contributed by atoms with van der Waals surface area (Å²) in [6, 6.07) is 15.0. The van der Waals surface area contributed by atoms with Gasteiger partial charge in [-0.05, 0) is 63.0 Å². The van der Waals surface area contributed by atoms with Crippen LogP contribution in [0.25, 0.3) is 22.2 Å². The van der Waals surface area contributed by atoms with Crippen molar-refractivity contribution in [2.45, 2.75) is 120 Å². The Morgan fingerprint density at radius 2 is 1.60 bits per heavy atom. The van der Waals surface area contributed by atoms with E-state index in [1.54, 1.807) is 12.0 Å². The molecule has 1 aliphatic carbocycles. The molecule has 2 N–H and O–H groups in total. The Balaban J connectivity index is 1.21. The highest BCUT2D eigenvalue weighted by Crippen LogP contribution is 2.36. The van der Waals surface area contributed by atoms with Crippen LogP contribution in [0.4, 0.5) is 0 Å². The zero-order valence-electron chi connectivity index (χ0n) is 33.7. The lowest BCUT2D eigenvalue weighted by Gasteiger charge is -2.32. The largest absolute Gasteiger partial charge is 0.497 e. The van der Waals surface area contributed by atoms with E-state index in [-0.39, 0.29) is 37.1 Å². The van der Waals surface area contributed by atoms with Crippen molar-refractivity contribution in [3.63, 3.8) is 0 Å². The van der Waals surface area contributed by atoms with Gasteiger partial charge in [-0.15, -0.1) is 0 Å². The van der Waals surface area contributed by atoms with Gasteiger partial charge in [0.25, 0.3) is 5.91 Å². The van der Waals surface area contributed by atoms with Crippen molar-refractivity contribution in [2.24, 2.45) is 11.8 Å². The number of ether oxygens (including phenoxy) is 2. The van der Waals surface area contributed by atoms with Crippen LogP contribution in [0.2, 0.25) is 0 Å². The second-order valence-corrected chi connectivity index (χ2v) is 18.6. The van der Waals surface area contributed by atoms with Gasteiger partial charge in [0, 0.05) is 54.9 Å². The van der Waals surface area contributed by atoms with Gasteiger partial charge in [-0.25, -0.2) is 13.4 Å². The average Bonchev–Trinajstić information content (AvgIpc) is 4.02. The van der Waals surface area contributed by atoms with E-state index >= 15 is 0 Å². The quantitative estimate of drug-likeness (QED) is 0.274. The number of carbonyl (C=O) groups excluding carboxylic acids is 4. The lowest BCUT2D eigenvalue weighted by Crippen LogP contribution is -2.56. The minimum atomic E-state index is -3.87. The molecule has 0 bridgehead atoms. The number of sulfonamides is 1. The van der Waals surface area contributed by atoms with Crippen molar-refractivity contribution in [3.05, 3.63) is 54.6 Å². The van der Waals surface area contributed by atoms with Gasteiger partial charge in [0.1, 0.15) is 29.7 Å². The molecule has 5 atom stereocenters. The summed E-state index contributed by atoms with van der Waals surface area (Å²) in [7, 11) is -2.28. The number of pyridine rings is 1. The van der Waals surface area contributed by atoms with Crippen LogP contribution in [0, 0.1) is 11.8 Å². The van der Waals surface area contributed by atoms with Crippen molar-refractivity contribution >= 4 is 44.6 Å². The fourth-order valence-electron chi connectivity index (χ4n) is 8.68. The van der Waals surface area contributed by atoms with Crippen LogP contribution < -0.4 is 19.5 Å². The molecule has 4 fully saturated rings. The lowest BCUT2D eigenvalue weighted by molar-refractivity contribution is -0.145. The van der Waals surface area contributed by atoms with E-state index in [4.69, 9.17) is 14.5 Å². The van der Waals surface area contributed by atoms with E-state index < -0.39 is 51.2 Å². The standard InChI is InChI=1S/C44H57N5O8S/c1-29-14-8-4-3-5-9-17-31(24-40(50)48-22-12-7-13-23-48)44(53)49-28-33(26-38(49)42(51)46-41(29)43(52)47-58(54,55)34-19-20-34)57-39-27-36(30-15-10-6-11-16-30)45-37-25-32(56-2)18-21-35(37)39/h6,10-11,15-16,18,21,25,27,29,31,33-34,38,41H,3-5,7-9,12-14,17,19-20,22-24,26,28H2,1-2H3,(H,46,51)(H,47,52)/t29-,31+,33-,38+,41-/m1/s1. The molecular formula is C44H57N5O8S. The van der Waals surface area contributed by atoms with E-state index in [1.807, 2.05) is 66.4 Å². The Bertz CT molecular complexity index is 2070. The van der Waals surface area contributed by atoms with Crippen LogP contribution in [-0.2, 0) is 29.2 Å². The number of likely N-dealkylation sites (tertiary alicyclic amines) is 1. The summed E-state index contributed by atoms with van der Waals surface area (Å²) in [6.45, 7) is 3.29. The first-order chi connectivity index (χ1) is 28.0. The Morgan fingerprint density at radius 3 is 2.33 bits per heavy atom. The first-order valence-electron chi connectivity index (χ1n) is 21.2. The minimum Gasteiger partial charge on any atom is -0.497 e. The number of hydrogen-bond acceptors (Lipinski definition) is 9. The minimum absolute atomic E-state index is 0.0430. The predicted molar refractivity (Wildman–Crippen MR) is 220 cm³/mol. The van der Waals surface area contributed by atoms with Crippen LogP contribution in [0.15, 0.2) is 54.6 Å². The molecule has 0 radical (unpaired) electrons. The van der Waals surface area contributed by atoms with Crippen LogP contribution in [0.5, 0.6) is 11.5 Å². The maximum atomic E-state index is 14.8. The summed E-state index contributed by atoms with van der Waals surface area (Å²) in [5, 5.41) is 3.03. The molecule has 1 aromatic heterocycles. The highest BCUT2D eigenvalue weighted by atomic mass is 32.2. The molecule has 1 saturated carbocycles. The van der Waals surface area contributed by atoms with E-state index in [0.717, 1.165) is 62.3 Å². The van der Waals surface area contributed by atoms with Crippen molar-refractivity contribution in [1.29, 1.82) is 0 Å². The molecule has 0 unspecified atom stereocenters. The van der Waals surface area contributed by atoms with E-state index in [1.165, 1.54) is 0 Å². The predicted octanol–water partition coefficient (Wildman–Crippen LogP) is 5.75. The van der Waals surface area contributed by atoms with Crippen LogP contribution in [0.3, 0.4) is 0 Å². The SMILES string of the molecule is COc1ccc2c(O[C@@H]3C[C@H]4C(=O)N[C@@H](C(=O)NS(=O)(=O)C5CC5)[C@H](C)CCCCCCC[C@@H](CC(=O)N5CCCCC5)C(=O)N4C3)cc(-c3ccccc3)nc2c1. The van der Waals surface area contributed by atoms with E-state index in [0.29, 0.717) is 61.5 Å². The highest BCUT2D eigenvalue weighted by Gasteiger charge is 2.45. The topological polar surface area (TPSA) is 164 Å². The summed E-state index contributed by atoms with van der Waals surface area (Å²) >= 11 is 0. The first-order valence-corrected chi connectivity index (χ1v) is 22.7. The number of methoxy groups -OCH3 is 1.